The summed E-state index contributed by atoms with van der Waals surface area (Å²) in [6.45, 7) is 10.5. The van der Waals surface area contributed by atoms with E-state index in [0.29, 0.717) is 19.0 Å². The topological polar surface area (TPSA) is 40.6 Å². The Kier molecular flexibility index (Phi) is 7.03. The summed E-state index contributed by atoms with van der Waals surface area (Å²) in [6.07, 6.45) is 4.47. The summed E-state index contributed by atoms with van der Waals surface area (Å²) >= 11 is 0. The second-order valence-electron chi connectivity index (χ2n) is 5.69. The smallest absolute Gasteiger partial charge is 0.227 e. The number of nitrogens with zero attached hydrogens (tertiary/aromatic N) is 2. The summed E-state index contributed by atoms with van der Waals surface area (Å²) in [7, 11) is 0. The van der Waals surface area contributed by atoms with Gasteiger partial charge in [-0.2, -0.15) is 0 Å². The van der Waals surface area contributed by atoms with Gasteiger partial charge in [0.25, 0.3) is 0 Å². The maximum Gasteiger partial charge on any atom is 0.227 e. The highest BCUT2D eigenvalue weighted by atomic mass is 16.2. The van der Waals surface area contributed by atoms with Crippen LogP contribution in [-0.2, 0) is 9.59 Å². The molecule has 0 aromatic carbocycles. The maximum atomic E-state index is 12.5. The number of rotatable bonds is 8. The zero-order valence-corrected chi connectivity index (χ0v) is 13.5. The van der Waals surface area contributed by atoms with Gasteiger partial charge in [0, 0.05) is 32.1 Å². The van der Waals surface area contributed by atoms with Crippen LogP contribution in [0.5, 0.6) is 0 Å². The number of carbonyl (C=O) groups is 2. The lowest BCUT2D eigenvalue weighted by Gasteiger charge is -2.27. The molecule has 4 nitrogen and oxygen atoms in total. The molecule has 0 saturated carbocycles. The van der Waals surface area contributed by atoms with Crippen molar-refractivity contribution in [3.63, 3.8) is 0 Å². The third kappa shape index (κ3) is 3.97. The van der Waals surface area contributed by atoms with Crippen LogP contribution in [0.1, 0.15) is 59.8 Å². The first kappa shape index (κ1) is 17.0. The summed E-state index contributed by atoms with van der Waals surface area (Å²) in [5, 5.41) is 0. The highest BCUT2D eigenvalue weighted by molar-refractivity contribution is 5.89. The molecule has 2 amide bonds. The molecular formula is C16H30N2O2. The van der Waals surface area contributed by atoms with Crippen LogP contribution < -0.4 is 0 Å². The molecule has 116 valence electrons. The molecule has 1 unspecified atom stereocenters. The Morgan fingerprint density at radius 1 is 1.30 bits per heavy atom. The third-order valence-electron chi connectivity index (χ3n) is 4.37. The van der Waals surface area contributed by atoms with Gasteiger partial charge in [-0.15, -0.1) is 0 Å². The van der Waals surface area contributed by atoms with Gasteiger partial charge < -0.3 is 9.80 Å². The van der Waals surface area contributed by atoms with E-state index in [1.54, 1.807) is 0 Å². The van der Waals surface area contributed by atoms with Gasteiger partial charge in [0.05, 0.1) is 5.92 Å². The molecule has 4 heteroatoms. The average Bonchev–Trinajstić information content (AvgIpc) is 2.83. The molecule has 1 atom stereocenters. The van der Waals surface area contributed by atoms with Gasteiger partial charge in [-0.1, -0.05) is 27.2 Å². The number of unbranched alkanes of at least 4 members (excludes halogenated alkanes) is 1. The minimum atomic E-state index is -0.125. The average molecular weight is 282 g/mol. The van der Waals surface area contributed by atoms with Gasteiger partial charge in [-0.05, 0) is 26.2 Å². The number of carbonyl (C=O) groups excluding carboxylic acids is 2. The van der Waals surface area contributed by atoms with Crippen LogP contribution in [0.15, 0.2) is 0 Å². The number of hydrogen-bond donors (Lipinski definition) is 0. The molecular weight excluding hydrogens is 252 g/mol. The van der Waals surface area contributed by atoms with E-state index < -0.39 is 0 Å². The third-order valence-corrected chi connectivity index (χ3v) is 4.37. The van der Waals surface area contributed by atoms with Crippen molar-refractivity contribution in [2.75, 3.05) is 19.6 Å². The van der Waals surface area contributed by atoms with E-state index in [2.05, 4.69) is 20.8 Å². The Balaban J connectivity index is 2.64. The molecule has 1 heterocycles. The highest BCUT2D eigenvalue weighted by Crippen LogP contribution is 2.24. The number of likely N-dealkylation sites (tertiary alicyclic amines) is 1. The molecule has 0 N–H and O–H groups in total. The lowest BCUT2D eigenvalue weighted by atomic mass is 10.1. The number of amides is 2. The van der Waals surface area contributed by atoms with Gasteiger partial charge in [-0.3, -0.25) is 9.59 Å². The van der Waals surface area contributed by atoms with Crippen LogP contribution in [0, 0.1) is 5.92 Å². The van der Waals surface area contributed by atoms with Crippen molar-refractivity contribution in [1.29, 1.82) is 0 Å². The van der Waals surface area contributed by atoms with E-state index in [9.17, 15) is 9.59 Å². The Morgan fingerprint density at radius 3 is 2.45 bits per heavy atom. The van der Waals surface area contributed by atoms with Crippen molar-refractivity contribution < 1.29 is 9.59 Å². The zero-order valence-electron chi connectivity index (χ0n) is 13.5. The Morgan fingerprint density at radius 2 is 1.95 bits per heavy atom. The second kappa shape index (κ2) is 8.28. The summed E-state index contributed by atoms with van der Waals surface area (Å²) < 4.78 is 0. The van der Waals surface area contributed by atoms with Gasteiger partial charge in [0.2, 0.25) is 11.8 Å². The fraction of sp³-hybridized carbons (Fsp3) is 0.875. The minimum Gasteiger partial charge on any atom is -0.343 e. The molecule has 1 aliphatic heterocycles. The fourth-order valence-corrected chi connectivity index (χ4v) is 3.01. The first-order chi connectivity index (χ1) is 9.58. The minimum absolute atomic E-state index is 0.125. The largest absolute Gasteiger partial charge is 0.343 e. The van der Waals surface area contributed by atoms with Crippen molar-refractivity contribution in [2.24, 2.45) is 5.92 Å². The Bertz CT molecular complexity index is 326. The van der Waals surface area contributed by atoms with Crippen LogP contribution >= 0.6 is 0 Å². The summed E-state index contributed by atoms with van der Waals surface area (Å²) in [5.74, 6) is 0.200. The van der Waals surface area contributed by atoms with Crippen molar-refractivity contribution in [3.8, 4) is 0 Å². The molecule has 0 aliphatic carbocycles. The van der Waals surface area contributed by atoms with Crippen molar-refractivity contribution in [2.45, 2.75) is 65.8 Å². The van der Waals surface area contributed by atoms with Crippen LogP contribution in [0.4, 0.5) is 0 Å². The molecule has 0 aromatic rings. The Hall–Kier alpha value is -1.06. The van der Waals surface area contributed by atoms with Gasteiger partial charge in [-0.25, -0.2) is 0 Å². The van der Waals surface area contributed by atoms with Crippen LogP contribution in [0.2, 0.25) is 0 Å². The van der Waals surface area contributed by atoms with Crippen LogP contribution in [-0.4, -0.2) is 47.3 Å². The van der Waals surface area contributed by atoms with Crippen molar-refractivity contribution >= 4 is 11.8 Å². The molecule has 0 spiro atoms. The fourth-order valence-electron chi connectivity index (χ4n) is 3.01. The van der Waals surface area contributed by atoms with Crippen LogP contribution in [0.25, 0.3) is 0 Å². The SMILES string of the molecule is CCCCN(CC)C(=O)C1CC(=O)N(C(CC)CC)C1. The lowest BCUT2D eigenvalue weighted by molar-refractivity contribution is -0.135. The monoisotopic (exact) mass is 282 g/mol. The summed E-state index contributed by atoms with van der Waals surface area (Å²) in [5.41, 5.74) is 0. The second-order valence-corrected chi connectivity index (χ2v) is 5.69. The zero-order chi connectivity index (χ0) is 15.1. The van der Waals surface area contributed by atoms with E-state index in [4.69, 9.17) is 0 Å². The van der Waals surface area contributed by atoms with Gasteiger partial charge in [0.15, 0.2) is 0 Å². The standard InChI is InChI=1S/C16H30N2O2/c1-5-9-10-17(8-4)16(20)13-11-15(19)18(12-13)14(6-2)7-3/h13-14H,5-12H2,1-4H3. The van der Waals surface area contributed by atoms with E-state index in [1.807, 2.05) is 16.7 Å². The molecule has 20 heavy (non-hydrogen) atoms. The summed E-state index contributed by atoms with van der Waals surface area (Å²) in [6, 6.07) is 0.297. The molecule has 1 aliphatic rings. The van der Waals surface area contributed by atoms with E-state index in [0.717, 1.165) is 38.8 Å². The quantitative estimate of drug-likeness (QED) is 0.687. The van der Waals surface area contributed by atoms with E-state index in [1.165, 1.54) is 0 Å². The number of hydrogen-bond acceptors (Lipinski definition) is 2. The maximum absolute atomic E-state index is 12.5. The van der Waals surface area contributed by atoms with Crippen LogP contribution in [0.3, 0.4) is 0 Å². The molecule has 1 rings (SSSR count). The normalized spacial score (nSPS) is 18.9. The van der Waals surface area contributed by atoms with Crippen molar-refractivity contribution in [1.82, 2.24) is 9.80 Å². The van der Waals surface area contributed by atoms with Gasteiger partial charge >= 0.3 is 0 Å². The first-order valence-electron chi connectivity index (χ1n) is 8.17. The van der Waals surface area contributed by atoms with Gasteiger partial charge in [0.1, 0.15) is 0 Å². The predicted molar refractivity (Wildman–Crippen MR) is 81.4 cm³/mol. The predicted octanol–water partition coefficient (Wildman–Crippen LogP) is 2.67. The van der Waals surface area contributed by atoms with E-state index in [-0.39, 0.29) is 17.7 Å². The summed E-state index contributed by atoms with van der Waals surface area (Å²) in [4.78, 5) is 28.5. The lowest BCUT2D eigenvalue weighted by Crippen LogP contribution is -2.39. The molecule has 0 aromatic heterocycles. The molecule has 1 fully saturated rings. The molecule has 0 radical (unpaired) electrons. The highest BCUT2D eigenvalue weighted by Gasteiger charge is 2.38. The Labute approximate surface area is 123 Å². The first-order valence-corrected chi connectivity index (χ1v) is 8.17. The van der Waals surface area contributed by atoms with E-state index >= 15 is 0 Å². The molecule has 1 saturated heterocycles. The molecule has 0 bridgehead atoms. The van der Waals surface area contributed by atoms with Crippen molar-refractivity contribution in [3.05, 3.63) is 0 Å².